The van der Waals surface area contributed by atoms with E-state index < -0.39 is 10.0 Å². The Balaban J connectivity index is 1.67. The molecule has 23 heavy (non-hydrogen) atoms. The van der Waals surface area contributed by atoms with Crippen LogP contribution in [-0.2, 0) is 16.6 Å². The number of aryl methyl sites for hydroxylation is 1. The Morgan fingerprint density at radius 2 is 2.17 bits per heavy atom. The minimum Gasteiger partial charge on any atom is -0.497 e. The summed E-state index contributed by atoms with van der Waals surface area (Å²) in [6.45, 7) is 2.91. The Kier molecular flexibility index (Phi) is 4.41. The first-order chi connectivity index (χ1) is 11.0. The number of hydrogen-bond acceptors (Lipinski definition) is 4. The van der Waals surface area contributed by atoms with Gasteiger partial charge in [-0.25, -0.2) is 18.1 Å². The highest BCUT2D eigenvalue weighted by atomic mass is 32.2. The molecule has 1 aromatic carbocycles. The SMILES string of the molecule is COc1cccc(S(=O)(=O)NCCn2c(C)cnc2C2CC2)c1. The molecule has 0 unspecified atom stereocenters. The van der Waals surface area contributed by atoms with Crippen LogP contribution >= 0.6 is 0 Å². The van der Waals surface area contributed by atoms with Gasteiger partial charge in [0.1, 0.15) is 11.6 Å². The largest absolute Gasteiger partial charge is 0.497 e. The summed E-state index contributed by atoms with van der Waals surface area (Å²) in [6.07, 6.45) is 4.20. The molecule has 124 valence electrons. The van der Waals surface area contributed by atoms with Gasteiger partial charge in [0, 0.05) is 37.0 Å². The van der Waals surface area contributed by atoms with Crippen LogP contribution in [0.3, 0.4) is 0 Å². The van der Waals surface area contributed by atoms with Gasteiger partial charge in [0.25, 0.3) is 0 Å². The second kappa shape index (κ2) is 6.33. The van der Waals surface area contributed by atoms with Crippen molar-refractivity contribution >= 4 is 10.0 Å². The lowest BCUT2D eigenvalue weighted by Gasteiger charge is -2.11. The van der Waals surface area contributed by atoms with E-state index >= 15 is 0 Å². The highest BCUT2D eigenvalue weighted by Gasteiger charge is 2.28. The Labute approximate surface area is 136 Å². The zero-order chi connectivity index (χ0) is 16.4. The first kappa shape index (κ1) is 16.0. The smallest absolute Gasteiger partial charge is 0.240 e. The minimum atomic E-state index is -3.54. The summed E-state index contributed by atoms with van der Waals surface area (Å²) in [5.41, 5.74) is 1.06. The summed E-state index contributed by atoms with van der Waals surface area (Å²) in [6, 6.07) is 6.46. The van der Waals surface area contributed by atoms with Crippen LogP contribution in [0, 0.1) is 6.92 Å². The van der Waals surface area contributed by atoms with Crippen LogP contribution in [0.1, 0.15) is 30.3 Å². The van der Waals surface area contributed by atoms with Gasteiger partial charge in [-0.2, -0.15) is 0 Å². The van der Waals surface area contributed by atoms with E-state index in [1.165, 1.54) is 26.0 Å². The molecule has 0 atom stereocenters. The molecule has 0 spiro atoms. The third-order valence-corrected chi connectivity index (χ3v) is 5.47. The monoisotopic (exact) mass is 335 g/mol. The highest BCUT2D eigenvalue weighted by molar-refractivity contribution is 7.89. The number of nitrogens with zero attached hydrogens (tertiary/aromatic N) is 2. The van der Waals surface area contributed by atoms with Gasteiger partial charge in [-0.1, -0.05) is 6.07 Å². The number of nitrogens with one attached hydrogen (secondary N) is 1. The van der Waals surface area contributed by atoms with Crippen LogP contribution in [0.25, 0.3) is 0 Å². The average Bonchev–Trinajstić information content (AvgIpc) is 3.32. The molecule has 1 heterocycles. The van der Waals surface area contributed by atoms with E-state index in [1.54, 1.807) is 18.2 Å². The van der Waals surface area contributed by atoms with Crippen molar-refractivity contribution < 1.29 is 13.2 Å². The maximum Gasteiger partial charge on any atom is 0.240 e. The van der Waals surface area contributed by atoms with E-state index in [2.05, 4.69) is 14.3 Å². The van der Waals surface area contributed by atoms with Gasteiger partial charge in [-0.3, -0.25) is 0 Å². The van der Waals surface area contributed by atoms with Crippen molar-refractivity contribution in [1.82, 2.24) is 14.3 Å². The van der Waals surface area contributed by atoms with Crippen LogP contribution in [-0.4, -0.2) is 31.6 Å². The number of ether oxygens (including phenoxy) is 1. The molecule has 6 nitrogen and oxygen atoms in total. The molecule has 0 bridgehead atoms. The number of benzene rings is 1. The van der Waals surface area contributed by atoms with Crippen LogP contribution in [0.5, 0.6) is 5.75 Å². The third kappa shape index (κ3) is 3.56. The second-order valence-electron chi connectivity index (χ2n) is 5.76. The van der Waals surface area contributed by atoms with Crippen LogP contribution in [0.15, 0.2) is 35.4 Å². The Morgan fingerprint density at radius 1 is 1.39 bits per heavy atom. The summed E-state index contributed by atoms with van der Waals surface area (Å²) in [4.78, 5) is 4.65. The number of imidazole rings is 1. The number of sulfonamides is 1. The number of rotatable bonds is 7. The Morgan fingerprint density at radius 3 is 2.87 bits per heavy atom. The highest BCUT2D eigenvalue weighted by Crippen LogP contribution is 2.39. The molecular weight excluding hydrogens is 314 g/mol. The van der Waals surface area contributed by atoms with Gasteiger partial charge in [-0.05, 0) is 31.9 Å². The first-order valence-corrected chi connectivity index (χ1v) is 9.15. The summed E-state index contributed by atoms with van der Waals surface area (Å²) in [5.74, 6) is 2.14. The topological polar surface area (TPSA) is 73.2 Å². The zero-order valence-electron chi connectivity index (χ0n) is 13.3. The summed E-state index contributed by atoms with van der Waals surface area (Å²) < 4.78 is 34.5. The van der Waals surface area contributed by atoms with Gasteiger partial charge in [-0.15, -0.1) is 0 Å². The maximum absolute atomic E-state index is 12.4. The third-order valence-electron chi connectivity index (χ3n) is 4.01. The maximum atomic E-state index is 12.4. The molecule has 1 aromatic heterocycles. The van der Waals surface area contributed by atoms with E-state index in [9.17, 15) is 8.42 Å². The van der Waals surface area contributed by atoms with Crippen molar-refractivity contribution in [2.24, 2.45) is 0 Å². The van der Waals surface area contributed by atoms with Crippen LogP contribution < -0.4 is 9.46 Å². The quantitative estimate of drug-likeness (QED) is 0.840. The van der Waals surface area contributed by atoms with Gasteiger partial charge >= 0.3 is 0 Å². The van der Waals surface area contributed by atoms with Crippen molar-refractivity contribution in [3.63, 3.8) is 0 Å². The molecule has 1 aliphatic carbocycles. The standard InChI is InChI=1S/C16H21N3O3S/c1-12-11-17-16(13-6-7-13)19(12)9-8-18-23(20,21)15-5-3-4-14(10-15)22-2/h3-5,10-11,13,18H,6-9H2,1-2H3. The number of aromatic nitrogens is 2. The van der Waals surface area contributed by atoms with Gasteiger partial charge in [0.2, 0.25) is 10.0 Å². The van der Waals surface area contributed by atoms with E-state index in [4.69, 9.17) is 4.74 Å². The molecule has 0 amide bonds. The lowest BCUT2D eigenvalue weighted by Crippen LogP contribution is -2.28. The molecule has 2 aromatic rings. The van der Waals surface area contributed by atoms with Crippen molar-refractivity contribution in [2.75, 3.05) is 13.7 Å². The van der Waals surface area contributed by atoms with Crippen LogP contribution in [0.4, 0.5) is 0 Å². The van der Waals surface area contributed by atoms with Crippen molar-refractivity contribution in [3.05, 3.63) is 42.0 Å². The van der Waals surface area contributed by atoms with E-state index in [1.807, 2.05) is 13.1 Å². The fourth-order valence-corrected chi connectivity index (χ4v) is 3.64. The van der Waals surface area contributed by atoms with E-state index in [-0.39, 0.29) is 4.90 Å². The fraction of sp³-hybridized carbons (Fsp3) is 0.438. The molecule has 0 radical (unpaired) electrons. The van der Waals surface area contributed by atoms with Crippen LogP contribution in [0.2, 0.25) is 0 Å². The first-order valence-electron chi connectivity index (χ1n) is 7.67. The Bertz CT molecular complexity index is 795. The molecule has 0 aliphatic heterocycles. The molecule has 0 saturated heterocycles. The summed E-state index contributed by atoms with van der Waals surface area (Å²) in [5, 5.41) is 0. The lowest BCUT2D eigenvalue weighted by molar-refractivity contribution is 0.413. The predicted molar refractivity (Wildman–Crippen MR) is 87.1 cm³/mol. The van der Waals surface area contributed by atoms with Crippen molar-refractivity contribution in [1.29, 1.82) is 0 Å². The molecule has 7 heteroatoms. The lowest BCUT2D eigenvalue weighted by atomic mass is 10.3. The van der Waals surface area contributed by atoms with Gasteiger partial charge in [0.15, 0.2) is 0 Å². The fourth-order valence-electron chi connectivity index (χ4n) is 2.58. The molecule has 1 fully saturated rings. The molecule has 1 aliphatic rings. The number of methoxy groups -OCH3 is 1. The summed E-state index contributed by atoms with van der Waals surface area (Å²) in [7, 11) is -2.03. The predicted octanol–water partition coefficient (Wildman–Crippen LogP) is 2.06. The molecule has 3 rings (SSSR count). The van der Waals surface area contributed by atoms with E-state index in [0.717, 1.165) is 11.5 Å². The normalized spacial score (nSPS) is 14.9. The second-order valence-corrected chi connectivity index (χ2v) is 7.53. The van der Waals surface area contributed by atoms with E-state index in [0.29, 0.717) is 24.8 Å². The van der Waals surface area contributed by atoms with Gasteiger partial charge < -0.3 is 9.30 Å². The number of hydrogen-bond donors (Lipinski definition) is 1. The summed E-state index contributed by atoms with van der Waals surface area (Å²) >= 11 is 0. The Hall–Kier alpha value is -1.86. The molecule has 1 N–H and O–H groups in total. The zero-order valence-corrected chi connectivity index (χ0v) is 14.1. The van der Waals surface area contributed by atoms with Crippen molar-refractivity contribution in [2.45, 2.75) is 37.1 Å². The molecular formula is C16H21N3O3S. The van der Waals surface area contributed by atoms with Gasteiger partial charge in [0.05, 0.1) is 12.0 Å². The minimum absolute atomic E-state index is 0.210. The van der Waals surface area contributed by atoms with Crippen molar-refractivity contribution in [3.8, 4) is 5.75 Å². The molecule has 1 saturated carbocycles. The average molecular weight is 335 g/mol.